The molecule has 0 atom stereocenters. The van der Waals surface area contributed by atoms with E-state index >= 15 is 0 Å². The highest BCUT2D eigenvalue weighted by Gasteiger charge is 2.19. The zero-order valence-corrected chi connectivity index (χ0v) is 13.9. The first-order valence-electron chi connectivity index (χ1n) is 7.77. The highest BCUT2D eigenvalue weighted by Crippen LogP contribution is 2.37. The van der Waals surface area contributed by atoms with Gasteiger partial charge in [-0.25, -0.2) is 0 Å². The molecule has 0 heterocycles. The molecule has 0 unspecified atom stereocenters. The Morgan fingerprint density at radius 2 is 1.88 bits per heavy atom. The van der Waals surface area contributed by atoms with Crippen molar-refractivity contribution in [2.24, 2.45) is 0 Å². The molecule has 0 saturated heterocycles. The average molecular weight is 349 g/mol. The third-order valence-corrected chi connectivity index (χ3v) is 3.98. The molecule has 26 heavy (non-hydrogen) atoms. The van der Waals surface area contributed by atoms with Crippen LogP contribution in [0.2, 0.25) is 0 Å². The first-order valence-corrected chi connectivity index (χ1v) is 7.77. The number of benzene rings is 3. The molecule has 0 aliphatic carbocycles. The number of hydrogen-bond acceptors (Lipinski definition) is 5. The molecule has 3 aromatic rings. The van der Waals surface area contributed by atoms with Gasteiger partial charge in [0.2, 0.25) is 5.75 Å². The lowest BCUT2D eigenvalue weighted by atomic mass is 10.0. The van der Waals surface area contributed by atoms with Crippen molar-refractivity contribution in [3.63, 3.8) is 0 Å². The fraction of sp³-hybridized carbons (Fsp3) is 0.0500. The van der Waals surface area contributed by atoms with E-state index in [1.54, 1.807) is 12.1 Å². The maximum atomic E-state index is 12.6. The topological polar surface area (TPSA) is 89.7 Å². The molecule has 1 N–H and O–H groups in total. The van der Waals surface area contributed by atoms with Gasteiger partial charge in [-0.1, -0.05) is 48.5 Å². The van der Waals surface area contributed by atoms with E-state index in [2.05, 4.69) is 0 Å². The number of carbonyl (C=O) groups excluding carboxylic acids is 1. The monoisotopic (exact) mass is 349 g/mol. The number of carbonyl (C=O) groups is 1. The second kappa shape index (κ2) is 7.06. The normalized spacial score (nSPS) is 11.0. The minimum Gasteiger partial charge on any atom is -0.500 e. The summed E-state index contributed by atoms with van der Waals surface area (Å²) in [6, 6.07) is 15.6. The molecule has 0 aromatic heterocycles. The fourth-order valence-electron chi connectivity index (χ4n) is 2.71. The van der Waals surface area contributed by atoms with E-state index in [0.717, 1.165) is 10.8 Å². The molecule has 3 aromatic carbocycles. The molecule has 0 bridgehead atoms. The Morgan fingerprint density at radius 1 is 1.15 bits per heavy atom. The van der Waals surface area contributed by atoms with Gasteiger partial charge in [0.05, 0.1) is 12.0 Å². The van der Waals surface area contributed by atoms with Gasteiger partial charge < -0.3 is 9.84 Å². The van der Waals surface area contributed by atoms with Gasteiger partial charge in [-0.15, -0.1) is 0 Å². The van der Waals surface area contributed by atoms with Crippen LogP contribution in [0.15, 0.2) is 60.7 Å². The number of aromatic hydroxyl groups is 1. The number of ether oxygens (including phenoxy) is 1. The van der Waals surface area contributed by atoms with E-state index in [1.807, 2.05) is 30.3 Å². The number of allylic oxidation sites excluding steroid dienone is 1. The number of ketones is 1. The van der Waals surface area contributed by atoms with Crippen LogP contribution in [0.4, 0.5) is 5.69 Å². The number of rotatable bonds is 5. The summed E-state index contributed by atoms with van der Waals surface area (Å²) < 4.78 is 4.95. The Morgan fingerprint density at radius 3 is 2.62 bits per heavy atom. The second-order valence-corrected chi connectivity index (χ2v) is 5.57. The Hall–Kier alpha value is -3.67. The first-order chi connectivity index (χ1) is 12.5. The summed E-state index contributed by atoms with van der Waals surface area (Å²) in [6.45, 7) is 0. The van der Waals surface area contributed by atoms with Crippen molar-refractivity contribution in [3.8, 4) is 11.5 Å². The van der Waals surface area contributed by atoms with Gasteiger partial charge >= 0.3 is 5.69 Å². The van der Waals surface area contributed by atoms with Gasteiger partial charge in [0.1, 0.15) is 0 Å². The van der Waals surface area contributed by atoms with Gasteiger partial charge in [-0.2, -0.15) is 0 Å². The van der Waals surface area contributed by atoms with Crippen LogP contribution < -0.4 is 4.74 Å². The summed E-state index contributed by atoms with van der Waals surface area (Å²) in [7, 11) is 1.30. The fourth-order valence-corrected chi connectivity index (χ4v) is 2.71. The van der Waals surface area contributed by atoms with Gasteiger partial charge in [-0.05, 0) is 28.5 Å². The smallest absolute Gasteiger partial charge is 0.315 e. The third kappa shape index (κ3) is 3.25. The van der Waals surface area contributed by atoms with Crippen LogP contribution in [0.25, 0.3) is 16.8 Å². The van der Waals surface area contributed by atoms with Crippen molar-refractivity contribution in [1.29, 1.82) is 0 Å². The van der Waals surface area contributed by atoms with Crippen molar-refractivity contribution in [1.82, 2.24) is 0 Å². The Kier molecular flexibility index (Phi) is 4.66. The van der Waals surface area contributed by atoms with Gasteiger partial charge in [0, 0.05) is 11.6 Å². The molecule has 0 aliphatic heterocycles. The molecule has 6 nitrogen and oxygen atoms in total. The van der Waals surface area contributed by atoms with Crippen LogP contribution in [0.5, 0.6) is 11.5 Å². The van der Waals surface area contributed by atoms with Gasteiger partial charge in [0.25, 0.3) is 0 Å². The first kappa shape index (κ1) is 17.2. The number of nitrogens with zero attached hydrogens (tertiary/aromatic N) is 1. The van der Waals surface area contributed by atoms with Gasteiger partial charge in [-0.3, -0.25) is 14.9 Å². The van der Waals surface area contributed by atoms with E-state index in [9.17, 15) is 20.0 Å². The number of phenolic OH excluding ortho intramolecular Hbond substituents is 1. The van der Waals surface area contributed by atoms with Crippen LogP contribution in [-0.4, -0.2) is 22.9 Å². The van der Waals surface area contributed by atoms with E-state index in [0.29, 0.717) is 11.1 Å². The molecule has 0 amide bonds. The Labute approximate surface area is 149 Å². The van der Waals surface area contributed by atoms with Crippen LogP contribution in [-0.2, 0) is 0 Å². The number of fused-ring (bicyclic) bond motifs is 1. The van der Waals surface area contributed by atoms with Crippen LogP contribution in [0, 0.1) is 10.1 Å². The quantitative estimate of drug-likeness (QED) is 0.320. The number of nitro benzene ring substituents is 1. The van der Waals surface area contributed by atoms with Crippen molar-refractivity contribution in [2.75, 3.05) is 7.11 Å². The Balaban J connectivity index is 1.98. The average Bonchev–Trinajstić information content (AvgIpc) is 2.66. The van der Waals surface area contributed by atoms with E-state index in [1.165, 1.54) is 31.4 Å². The summed E-state index contributed by atoms with van der Waals surface area (Å²) in [4.78, 5) is 22.9. The zero-order valence-electron chi connectivity index (χ0n) is 13.9. The summed E-state index contributed by atoms with van der Waals surface area (Å²) >= 11 is 0. The number of methoxy groups -OCH3 is 1. The molecule has 0 saturated carbocycles. The summed E-state index contributed by atoms with van der Waals surface area (Å²) in [6.07, 6.45) is 2.80. The van der Waals surface area contributed by atoms with Gasteiger partial charge in [0.15, 0.2) is 11.5 Å². The minimum absolute atomic E-state index is 0.0311. The molecule has 0 fully saturated rings. The summed E-state index contributed by atoms with van der Waals surface area (Å²) in [5.74, 6) is -0.803. The van der Waals surface area contributed by atoms with Crippen LogP contribution in [0.3, 0.4) is 0 Å². The molecule has 3 rings (SSSR count). The molecule has 0 radical (unpaired) electrons. The molecular formula is C20H15NO5. The Bertz CT molecular complexity index is 1030. The maximum absolute atomic E-state index is 12.6. The number of hydrogen-bond donors (Lipinski definition) is 1. The van der Waals surface area contributed by atoms with Crippen molar-refractivity contribution >= 4 is 28.3 Å². The van der Waals surface area contributed by atoms with Crippen molar-refractivity contribution in [3.05, 3.63) is 81.9 Å². The lowest BCUT2D eigenvalue weighted by molar-refractivity contribution is -0.386. The highest BCUT2D eigenvalue weighted by atomic mass is 16.6. The van der Waals surface area contributed by atoms with E-state index < -0.39 is 16.4 Å². The maximum Gasteiger partial charge on any atom is 0.315 e. The van der Waals surface area contributed by atoms with E-state index in [4.69, 9.17) is 4.74 Å². The molecular weight excluding hydrogens is 334 g/mol. The molecule has 0 spiro atoms. The number of nitro groups is 1. The predicted molar refractivity (Wildman–Crippen MR) is 98.6 cm³/mol. The van der Waals surface area contributed by atoms with Crippen molar-refractivity contribution < 1.29 is 19.6 Å². The molecule has 6 heteroatoms. The predicted octanol–water partition coefficient (Wildman–Crippen LogP) is 4.36. The van der Waals surface area contributed by atoms with Crippen molar-refractivity contribution in [2.45, 2.75) is 0 Å². The largest absolute Gasteiger partial charge is 0.500 e. The lowest BCUT2D eigenvalue weighted by Crippen LogP contribution is -1.96. The SMILES string of the molecule is COc1cc(/C=C/C(=O)c2cccc3ccccc23)cc([N+](=O)[O-])c1O. The molecule has 0 aliphatic rings. The van der Waals surface area contributed by atoms with Crippen LogP contribution >= 0.6 is 0 Å². The second-order valence-electron chi connectivity index (χ2n) is 5.57. The number of phenols is 1. The minimum atomic E-state index is -0.707. The highest BCUT2D eigenvalue weighted by molar-refractivity contribution is 6.14. The van der Waals surface area contributed by atoms with Crippen LogP contribution in [0.1, 0.15) is 15.9 Å². The summed E-state index contributed by atoms with van der Waals surface area (Å²) in [5, 5.41) is 22.6. The zero-order chi connectivity index (χ0) is 18.7. The lowest BCUT2D eigenvalue weighted by Gasteiger charge is -2.05. The van der Waals surface area contributed by atoms with E-state index in [-0.39, 0.29) is 11.5 Å². The third-order valence-electron chi connectivity index (χ3n) is 3.98. The summed E-state index contributed by atoms with van der Waals surface area (Å²) in [5.41, 5.74) is 0.432. The standard InChI is InChI=1S/C20H15NO5/c1-26-19-12-13(11-17(20(19)23)21(24)25)9-10-18(22)16-8-4-6-14-5-2-3-7-15(14)16/h2-12,23H,1H3/b10-9+. The molecule has 130 valence electrons.